The molecule has 0 spiro atoms. The lowest BCUT2D eigenvalue weighted by Crippen LogP contribution is -2.51. The van der Waals surface area contributed by atoms with Crippen molar-refractivity contribution in [3.8, 4) is 0 Å². The Morgan fingerprint density at radius 3 is 2.71 bits per heavy atom. The number of piperidine rings is 1. The molecule has 148 valence electrons. The van der Waals surface area contributed by atoms with E-state index in [-0.39, 0.29) is 23.7 Å². The third-order valence-electron chi connectivity index (χ3n) is 5.18. The van der Waals surface area contributed by atoms with Crippen LogP contribution in [0, 0.1) is 10.1 Å². The molecule has 2 atom stereocenters. The third-order valence-corrected chi connectivity index (χ3v) is 5.18. The molecule has 3 rings (SSSR count). The monoisotopic (exact) mass is 382 g/mol. The van der Waals surface area contributed by atoms with E-state index in [2.05, 4.69) is 5.32 Å². The molecule has 2 aromatic carbocycles. The van der Waals surface area contributed by atoms with Crippen LogP contribution in [0.1, 0.15) is 42.1 Å². The number of nitrogens with zero attached hydrogens (tertiary/aromatic N) is 2. The molecule has 2 unspecified atom stereocenters. The molecule has 1 aliphatic rings. The average molecular weight is 382 g/mol. The van der Waals surface area contributed by atoms with Gasteiger partial charge in [0.2, 0.25) is 0 Å². The van der Waals surface area contributed by atoms with Gasteiger partial charge in [0.25, 0.3) is 11.6 Å². The fraction of sp³-hybridized carbons (Fsp3) is 0.381. The van der Waals surface area contributed by atoms with Crippen LogP contribution in [-0.4, -0.2) is 34.4 Å². The minimum absolute atomic E-state index is 0.0313. The summed E-state index contributed by atoms with van der Waals surface area (Å²) in [6.07, 6.45) is 2.83. The lowest BCUT2D eigenvalue weighted by Gasteiger charge is -2.38. The number of hydrogen-bond donors (Lipinski definition) is 2. The Balaban J connectivity index is 1.81. The topological polar surface area (TPSA) is 102 Å². The molecular weight excluding hydrogens is 356 g/mol. The van der Waals surface area contributed by atoms with Crippen molar-refractivity contribution in [1.82, 2.24) is 4.90 Å². The molecule has 0 aromatic heterocycles. The molecule has 1 fully saturated rings. The number of benzene rings is 2. The van der Waals surface area contributed by atoms with Gasteiger partial charge in [-0.25, -0.2) is 0 Å². The van der Waals surface area contributed by atoms with E-state index in [4.69, 9.17) is 5.73 Å². The molecule has 7 nitrogen and oxygen atoms in total. The van der Waals surface area contributed by atoms with Crippen molar-refractivity contribution in [2.24, 2.45) is 5.73 Å². The van der Waals surface area contributed by atoms with Crippen LogP contribution < -0.4 is 11.1 Å². The summed E-state index contributed by atoms with van der Waals surface area (Å²) in [5.74, 6) is -0.195. The summed E-state index contributed by atoms with van der Waals surface area (Å²) < 4.78 is 0. The molecule has 7 heteroatoms. The zero-order valence-corrected chi connectivity index (χ0v) is 16.0. The average Bonchev–Trinajstić information content (AvgIpc) is 2.72. The second-order valence-corrected chi connectivity index (χ2v) is 7.25. The number of rotatable bonds is 6. The van der Waals surface area contributed by atoms with Crippen LogP contribution in [0.2, 0.25) is 0 Å². The second kappa shape index (κ2) is 8.84. The highest BCUT2D eigenvalue weighted by molar-refractivity contribution is 5.96. The Kier molecular flexibility index (Phi) is 6.26. The van der Waals surface area contributed by atoms with Crippen molar-refractivity contribution < 1.29 is 9.72 Å². The first kappa shape index (κ1) is 19.8. The van der Waals surface area contributed by atoms with E-state index in [9.17, 15) is 14.9 Å². The summed E-state index contributed by atoms with van der Waals surface area (Å²) in [4.78, 5) is 25.9. The summed E-state index contributed by atoms with van der Waals surface area (Å²) in [7, 11) is 0. The van der Waals surface area contributed by atoms with Crippen molar-refractivity contribution in [3.05, 3.63) is 69.8 Å². The van der Waals surface area contributed by atoms with Crippen LogP contribution in [0.3, 0.4) is 0 Å². The van der Waals surface area contributed by atoms with Crippen LogP contribution >= 0.6 is 0 Å². The van der Waals surface area contributed by atoms with Gasteiger partial charge in [-0.2, -0.15) is 0 Å². The maximum absolute atomic E-state index is 13.0. The zero-order valence-electron chi connectivity index (χ0n) is 16.0. The quantitative estimate of drug-likeness (QED) is 0.588. The summed E-state index contributed by atoms with van der Waals surface area (Å²) >= 11 is 0. The molecule has 0 saturated carbocycles. The lowest BCUT2D eigenvalue weighted by atomic mass is 9.96. The number of anilines is 1. The molecule has 1 saturated heterocycles. The van der Waals surface area contributed by atoms with Gasteiger partial charge in [0.15, 0.2) is 0 Å². The van der Waals surface area contributed by atoms with Gasteiger partial charge in [0.1, 0.15) is 5.69 Å². The fourth-order valence-electron chi connectivity index (χ4n) is 3.68. The molecule has 1 amide bonds. The van der Waals surface area contributed by atoms with Gasteiger partial charge in [-0.3, -0.25) is 14.9 Å². The van der Waals surface area contributed by atoms with E-state index >= 15 is 0 Å². The fourth-order valence-corrected chi connectivity index (χ4v) is 3.68. The maximum atomic E-state index is 13.0. The standard InChI is InChI=1S/C21H26N4O3/c1-15(22)19-9-5-6-12-24(19)21(26)17-10-11-18(20(13-17)25(27)28)23-14-16-7-3-2-4-8-16/h2-4,7-8,10-11,13,15,19,23H,5-6,9,12,14,22H2,1H3. The Morgan fingerprint density at radius 1 is 1.29 bits per heavy atom. The van der Waals surface area contributed by atoms with Gasteiger partial charge >= 0.3 is 0 Å². The van der Waals surface area contributed by atoms with Crippen LogP contribution in [0.25, 0.3) is 0 Å². The van der Waals surface area contributed by atoms with E-state index in [0.29, 0.717) is 24.3 Å². The van der Waals surface area contributed by atoms with E-state index < -0.39 is 4.92 Å². The number of nitrogens with two attached hydrogens (primary N) is 1. The maximum Gasteiger partial charge on any atom is 0.293 e. The van der Waals surface area contributed by atoms with Crippen molar-refractivity contribution >= 4 is 17.3 Å². The SMILES string of the molecule is CC(N)C1CCCCN1C(=O)c1ccc(NCc2ccccc2)c([N+](=O)[O-])c1. The Hall–Kier alpha value is -2.93. The first-order valence-electron chi connectivity index (χ1n) is 9.60. The van der Waals surface area contributed by atoms with Crippen LogP contribution in [0.4, 0.5) is 11.4 Å². The number of nitro benzene ring substituents is 1. The van der Waals surface area contributed by atoms with Crippen molar-refractivity contribution in [2.75, 3.05) is 11.9 Å². The molecular formula is C21H26N4O3. The zero-order chi connectivity index (χ0) is 20.1. The van der Waals surface area contributed by atoms with E-state index in [1.54, 1.807) is 17.0 Å². The van der Waals surface area contributed by atoms with Crippen LogP contribution in [-0.2, 0) is 6.54 Å². The highest BCUT2D eigenvalue weighted by Gasteiger charge is 2.30. The molecule has 0 radical (unpaired) electrons. The molecule has 2 aromatic rings. The normalized spacial score (nSPS) is 17.8. The molecule has 1 heterocycles. The summed E-state index contributed by atoms with van der Waals surface area (Å²) in [6.45, 7) is 3.00. The van der Waals surface area contributed by atoms with Gasteiger partial charge in [-0.15, -0.1) is 0 Å². The highest BCUT2D eigenvalue weighted by Crippen LogP contribution is 2.28. The molecule has 28 heavy (non-hydrogen) atoms. The van der Waals surface area contributed by atoms with Crippen molar-refractivity contribution in [1.29, 1.82) is 0 Å². The Morgan fingerprint density at radius 2 is 2.04 bits per heavy atom. The van der Waals surface area contributed by atoms with E-state index in [0.717, 1.165) is 24.8 Å². The van der Waals surface area contributed by atoms with Crippen LogP contribution in [0.5, 0.6) is 0 Å². The number of likely N-dealkylation sites (tertiary alicyclic amines) is 1. The van der Waals surface area contributed by atoms with Gasteiger partial charge in [0, 0.05) is 36.8 Å². The lowest BCUT2D eigenvalue weighted by molar-refractivity contribution is -0.384. The largest absolute Gasteiger partial charge is 0.375 e. The summed E-state index contributed by atoms with van der Waals surface area (Å²) in [6, 6.07) is 14.1. The molecule has 0 bridgehead atoms. The first-order chi connectivity index (χ1) is 13.5. The summed E-state index contributed by atoms with van der Waals surface area (Å²) in [5, 5.41) is 14.7. The number of carbonyl (C=O) groups is 1. The number of hydrogen-bond acceptors (Lipinski definition) is 5. The molecule has 3 N–H and O–H groups in total. The molecule has 1 aliphatic heterocycles. The Labute approximate surface area is 164 Å². The smallest absolute Gasteiger partial charge is 0.293 e. The van der Waals surface area contributed by atoms with Gasteiger partial charge < -0.3 is 16.0 Å². The summed E-state index contributed by atoms with van der Waals surface area (Å²) in [5.41, 5.74) is 7.70. The van der Waals surface area contributed by atoms with Crippen LogP contribution in [0.15, 0.2) is 48.5 Å². The first-order valence-corrected chi connectivity index (χ1v) is 9.60. The third kappa shape index (κ3) is 4.48. The Bertz CT molecular complexity index is 839. The predicted octanol–water partition coefficient (Wildman–Crippen LogP) is 3.55. The minimum atomic E-state index is -0.455. The van der Waals surface area contributed by atoms with E-state index in [1.807, 2.05) is 37.3 Å². The number of nitro groups is 1. The van der Waals surface area contributed by atoms with Gasteiger partial charge in [0.05, 0.1) is 4.92 Å². The molecule has 0 aliphatic carbocycles. The van der Waals surface area contributed by atoms with E-state index in [1.165, 1.54) is 6.07 Å². The number of amides is 1. The number of nitrogens with one attached hydrogen (secondary N) is 1. The van der Waals surface area contributed by atoms with Crippen molar-refractivity contribution in [3.63, 3.8) is 0 Å². The van der Waals surface area contributed by atoms with Gasteiger partial charge in [-0.1, -0.05) is 30.3 Å². The minimum Gasteiger partial charge on any atom is -0.375 e. The highest BCUT2D eigenvalue weighted by atomic mass is 16.6. The predicted molar refractivity (Wildman–Crippen MR) is 109 cm³/mol. The van der Waals surface area contributed by atoms with Gasteiger partial charge in [-0.05, 0) is 43.9 Å². The second-order valence-electron chi connectivity index (χ2n) is 7.25. The van der Waals surface area contributed by atoms with Crippen molar-refractivity contribution in [2.45, 2.75) is 44.8 Å². The number of carbonyl (C=O) groups excluding carboxylic acids is 1.